The molecule has 24 heavy (non-hydrogen) atoms. The Hall–Kier alpha value is -1.71. The van der Waals surface area contributed by atoms with Gasteiger partial charge in [0.05, 0.1) is 18.1 Å². The molecule has 9 heteroatoms. The number of hydrogen-bond donors (Lipinski definition) is 2. The zero-order chi connectivity index (χ0) is 17.8. The van der Waals surface area contributed by atoms with Crippen molar-refractivity contribution in [3.8, 4) is 5.75 Å². The van der Waals surface area contributed by atoms with E-state index in [1.165, 1.54) is 19.2 Å². The number of nitrogens with one attached hydrogen (secondary N) is 1. The van der Waals surface area contributed by atoms with E-state index in [0.29, 0.717) is 0 Å². The number of benzene rings is 1. The summed E-state index contributed by atoms with van der Waals surface area (Å²) in [5.41, 5.74) is 5.18. The Bertz CT molecular complexity index is 697. The minimum absolute atomic E-state index is 0.0680. The molecule has 0 radical (unpaired) electrons. The van der Waals surface area contributed by atoms with E-state index in [9.17, 15) is 18.5 Å². The average molecular weight is 357 g/mol. The van der Waals surface area contributed by atoms with E-state index < -0.39 is 26.2 Å². The molecular weight excluding hydrogens is 334 g/mol. The average Bonchev–Trinajstić information content (AvgIpc) is 2.77. The number of nitrogens with two attached hydrogens (primary N) is 1. The predicted octanol–water partition coefficient (Wildman–Crippen LogP) is 1.93. The number of methoxy groups -OCH3 is 1. The third-order valence-corrected chi connectivity index (χ3v) is 5.81. The molecule has 1 saturated carbocycles. The third-order valence-electron chi connectivity index (χ3n) is 4.37. The molecule has 0 unspecified atom stereocenters. The summed E-state index contributed by atoms with van der Waals surface area (Å²) >= 11 is 0. The minimum Gasteiger partial charge on any atom is -0.497 e. The Morgan fingerprint density at radius 2 is 1.92 bits per heavy atom. The van der Waals surface area contributed by atoms with Gasteiger partial charge in [0.1, 0.15) is 5.75 Å². The number of nitrogens with zero attached hydrogens (tertiary/aromatic N) is 1. The highest BCUT2D eigenvalue weighted by Crippen LogP contribution is 2.29. The number of sulfonamides is 1. The van der Waals surface area contributed by atoms with E-state index in [2.05, 4.69) is 4.72 Å². The molecule has 134 valence electrons. The molecule has 0 amide bonds. The standard InChI is InChI=1S/C15H23N3O5S/c1-23-12-6-7-14(13(10-12)18(19)20)24(21,22)17-11-15(16)8-4-2-3-5-9-15/h6-7,10,17H,2-5,8-9,11,16H2,1H3. The van der Waals surface area contributed by atoms with Gasteiger partial charge in [-0.15, -0.1) is 0 Å². The Balaban J connectivity index is 2.22. The molecule has 0 aromatic heterocycles. The molecule has 1 aromatic rings. The van der Waals surface area contributed by atoms with Crippen LogP contribution in [-0.4, -0.2) is 32.5 Å². The number of rotatable bonds is 6. The lowest BCUT2D eigenvalue weighted by atomic mass is 9.92. The van der Waals surface area contributed by atoms with Crippen LogP contribution >= 0.6 is 0 Å². The summed E-state index contributed by atoms with van der Waals surface area (Å²) in [5, 5.41) is 11.2. The van der Waals surface area contributed by atoms with Crippen molar-refractivity contribution in [2.45, 2.75) is 49.0 Å². The maximum absolute atomic E-state index is 12.5. The summed E-state index contributed by atoms with van der Waals surface area (Å²) in [5.74, 6) is 0.222. The first-order valence-electron chi connectivity index (χ1n) is 7.88. The fourth-order valence-corrected chi connectivity index (χ4v) is 4.21. The molecule has 8 nitrogen and oxygen atoms in total. The second-order valence-electron chi connectivity index (χ2n) is 6.19. The zero-order valence-corrected chi connectivity index (χ0v) is 14.5. The van der Waals surface area contributed by atoms with Crippen molar-refractivity contribution in [3.63, 3.8) is 0 Å². The summed E-state index contributed by atoms with van der Waals surface area (Å²) < 4.78 is 32.4. The number of nitro benzene ring substituents is 1. The Morgan fingerprint density at radius 3 is 2.46 bits per heavy atom. The van der Waals surface area contributed by atoms with Crippen molar-refractivity contribution < 1.29 is 18.1 Å². The zero-order valence-electron chi connectivity index (χ0n) is 13.7. The summed E-state index contributed by atoms with van der Waals surface area (Å²) in [6.45, 7) is 0.0680. The van der Waals surface area contributed by atoms with Crippen LogP contribution in [0.25, 0.3) is 0 Å². The molecule has 0 bridgehead atoms. The molecule has 2 rings (SSSR count). The Kier molecular flexibility index (Phi) is 5.79. The molecule has 1 aromatic carbocycles. The van der Waals surface area contributed by atoms with E-state index >= 15 is 0 Å². The summed E-state index contributed by atoms with van der Waals surface area (Å²) in [6, 6.07) is 3.65. The van der Waals surface area contributed by atoms with Gasteiger partial charge in [0.2, 0.25) is 10.0 Å². The highest BCUT2D eigenvalue weighted by Gasteiger charge is 2.31. The van der Waals surface area contributed by atoms with Gasteiger partial charge in [0, 0.05) is 12.1 Å². The quantitative estimate of drug-likeness (QED) is 0.455. The van der Waals surface area contributed by atoms with Crippen molar-refractivity contribution in [1.82, 2.24) is 4.72 Å². The normalized spacial score (nSPS) is 17.9. The molecule has 1 aliphatic carbocycles. The van der Waals surface area contributed by atoms with Crippen molar-refractivity contribution in [3.05, 3.63) is 28.3 Å². The van der Waals surface area contributed by atoms with Gasteiger partial charge in [0.15, 0.2) is 4.90 Å². The van der Waals surface area contributed by atoms with Crippen LogP contribution in [-0.2, 0) is 10.0 Å². The summed E-state index contributed by atoms with van der Waals surface area (Å²) in [7, 11) is -2.68. The van der Waals surface area contributed by atoms with Gasteiger partial charge in [-0.25, -0.2) is 13.1 Å². The Morgan fingerprint density at radius 1 is 1.29 bits per heavy atom. The van der Waals surface area contributed by atoms with E-state index in [-0.39, 0.29) is 17.2 Å². The van der Waals surface area contributed by atoms with Gasteiger partial charge in [-0.05, 0) is 25.0 Å². The lowest BCUT2D eigenvalue weighted by Gasteiger charge is -2.28. The predicted molar refractivity (Wildman–Crippen MR) is 89.5 cm³/mol. The van der Waals surface area contributed by atoms with Crippen LogP contribution in [0.2, 0.25) is 0 Å². The maximum atomic E-state index is 12.5. The largest absolute Gasteiger partial charge is 0.497 e. The van der Waals surface area contributed by atoms with Gasteiger partial charge in [-0.3, -0.25) is 10.1 Å². The number of hydrogen-bond acceptors (Lipinski definition) is 6. The highest BCUT2D eigenvalue weighted by molar-refractivity contribution is 7.89. The first-order valence-corrected chi connectivity index (χ1v) is 9.37. The highest BCUT2D eigenvalue weighted by atomic mass is 32.2. The van der Waals surface area contributed by atoms with Crippen LogP contribution < -0.4 is 15.2 Å². The van der Waals surface area contributed by atoms with Crippen LogP contribution in [0, 0.1) is 10.1 Å². The fraction of sp³-hybridized carbons (Fsp3) is 0.600. The summed E-state index contributed by atoms with van der Waals surface area (Å²) in [6.07, 6.45) is 5.58. The molecule has 0 heterocycles. The topological polar surface area (TPSA) is 125 Å². The second kappa shape index (κ2) is 7.45. The van der Waals surface area contributed by atoms with Gasteiger partial charge in [-0.1, -0.05) is 25.7 Å². The minimum atomic E-state index is -4.04. The molecule has 0 aliphatic heterocycles. The maximum Gasteiger partial charge on any atom is 0.293 e. The molecule has 1 fully saturated rings. The Labute approximate surface area is 141 Å². The van der Waals surface area contributed by atoms with Crippen LogP contribution in [0.5, 0.6) is 5.75 Å². The first-order chi connectivity index (χ1) is 11.3. The number of nitro groups is 1. The van der Waals surface area contributed by atoms with E-state index in [0.717, 1.165) is 44.6 Å². The smallest absolute Gasteiger partial charge is 0.293 e. The van der Waals surface area contributed by atoms with Crippen LogP contribution in [0.15, 0.2) is 23.1 Å². The van der Waals surface area contributed by atoms with Gasteiger partial charge in [-0.2, -0.15) is 0 Å². The number of ether oxygens (including phenoxy) is 1. The van der Waals surface area contributed by atoms with E-state index in [1.54, 1.807) is 0 Å². The molecule has 3 N–H and O–H groups in total. The lowest BCUT2D eigenvalue weighted by molar-refractivity contribution is -0.387. The molecule has 0 spiro atoms. The van der Waals surface area contributed by atoms with Crippen LogP contribution in [0.1, 0.15) is 38.5 Å². The summed E-state index contributed by atoms with van der Waals surface area (Å²) in [4.78, 5) is 10.1. The van der Waals surface area contributed by atoms with Gasteiger partial charge >= 0.3 is 0 Å². The van der Waals surface area contributed by atoms with E-state index in [4.69, 9.17) is 10.5 Å². The monoisotopic (exact) mass is 357 g/mol. The fourth-order valence-electron chi connectivity index (χ4n) is 2.92. The van der Waals surface area contributed by atoms with E-state index in [1.807, 2.05) is 0 Å². The van der Waals surface area contributed by atoms with Crippen molar-refractivity contribution >= 4 is 15.7 Å². The SMILES string of the molecule is COc1ccc(S(=O)(=O)NCC2(N)CCCCCC2)c([N+](=O)[O-])c1. The molecule has 1 aliphatic rings. The van der Waals surface area contributed by atoms with Crippen molar-refractivity contribution in [2.75, 3.05) is 13.7 Å². The second-order valence-corrected chi connectivity index (χ2v) is 7.93. The van der Waals surface area contributed by atoms with Crippen molar-refractivity contribution in [1.29, 1.82) is 0 Å². The first kappa shape index (κ1) is 18.6. The molecular formula is C15H23N3O5S. The van der Waals surface area contributed by atoms with Gasteiger partial charge in [0.25, 0.3) is 5.69 Å². The van der Waals surface area contributed by atoms with Crippen molar-refractivity contribution in [2.24, 2.45) is 5.73 Å². The lowest BCUT2D eigenvalue weighted by Crippen LogP contribution is -2.49. The third kappa shape index (κ3) is 4.43. The van der Waals surface area contributed by atoms with Crippen LogP contribution in [0.3, 0.4) is 0 Å². The van der Waals surface area contributed by atoms with Gasteiger partial charge < -0.3 is 10.5 Å². The van der Waals surface area contributed by atoms with Crippen LogP contribution in [0.4, 0.5) is 5.69 Å². The molecule has 0 atom stereocenters. The molecule has 0 saturated heterocycles.